The van der Waals surface area contributed by atoms with E-state index in [4.69, 9.17) is 4.74 Å². The highest BCUT2D eigenvalue weighted by molar-refractivity contribution is 7.89. The molecule has 1 atom stereocenters. The second-order valence-electron chi connectivity index (χ2n) is 7.65. The Morgan fingerprint density at radius 3 is 2.66 bits per heavy atom. The van der Waals surface area contributed by atoms with E-state index in [0.717, 1.165) is 5.56 Å². The Morgan fingerprint density at radius 2 is 1.97 bits per heavy atom. The number of carbonyl (C=O) groups excluding carboxylic acids is 1. The summed E-state index contributed by atoms with van der Waals surface area (Å²) < 4.78 is 34.3. The number of hydrogen-bond acceptors (Lipinski definition) is 7. The van der Waals surface area contributed by atoms with Crippen LogP contribution in [-0.2, 0) is 14.8 Å². The lowest BCUT2D eigenvalue weighted by atomic mass is 9.98. The molecule has 0 saturated carbocycles. The van der Waals surface area contributed by atoms with E-state index in [2.05, 4.69) is 20.8 Å². The first-order valence-electron chi connectivity index (χ1n) is 10.2. The number of ether oxygens (including phenoxy) is 1. The molecule has 168 valence electrons. The topological polar surface area (TPSA) is 119 Å². The molecule has 0 radical (unpaired) electrons. The van der Waals surface area contributed by atoms with Crippen LogP contribution in [0, 0.1) is 12.8 Å². The van der Waals surface area contributed by atoms with Gasteiger partial charge in [-0.2, -0.15) is 8.99 Å². The van der Waals surface area contributed by atoms with Gasteiger partial charge in [0, 0.05) is 24.8 Å². The van der Waals surface area contributed by atoms with Crippen molar-refractivity contribution in [1.29, 1.82) is 0 Å². The number of nitrogens with zero attached hydrogens (tertiary/aromatic N) is 5. The molecule has 1 aliphatic heterocycles. The Hall–Kier alpha value is -3.31. The molecule has 1 amide bonds. The summed E-state index contributed by atoms with van der Waals surface area (Å²) in [6, 6.07) is 11.9. The number of benzene rings is 2. The maximum atomic E-state index is 13.0. The first-order valence-corrected chi connectivity index (χ1v) is 11.6. The van der Waals surface area contributed by atoms with E-state index < -0.39 is 15.9 Å². The molecule has 2 aromatic carbocycles. The van der Waals surface area contributed by atoms with Gasteiger partial charge in [0.15, 0.2) is 0 Å². The predicted molar refractivity (Wildman–Crippen MR) is 117 cm³/mol. The van der Waals surface area contributed by atoms with Crippen molar-refractivity contribution in [2.75, 3.05) is 25.5 Å². The maximum absolute atomic E-state index is 13.0. The average Bonchev–Trinajstić information content (AvgIpc) is 3.34. The van der Waals surface area contributed by atoms with Crippen LogP contribution in [0.25, 0.3) is 5.69 Å². The van der Waals surface area contributed by atoms with Crippen LogP contribution >= 0.6 is 0 Å². The fraction of sp³-hybridized carbons (Fsp3) is 0.333. The third kappa shape index (κ3) is 4.48. The van der Waals surface area contributed by atoms with Crippen LogP contribution in [0.4, 0.5) is 5.69 Å². The third-order valence-corrected chi connectivity index (χ3v) is 7.34. The zero-order chi connectivity index (χ0) is 22.7. The van der Waals surface area contributed by atoms with Crippen molar-refractivity contribution in [3.8, 4) is 11.4 Å². The van der Waals surface area contributed by atoms with Crippen LogP contribution in [0.5, 0.6) is 5.75 Å². The molecular weight excluding hydrogens is 432 g/mol. The number of piperidine rings is 1. The summed E-state index contributed by atoms with van der Waals surface area (Å²) in [5, 5.41) is 13.9. The summed E-state index contributed by atoms with van der Waals surface area (Å²) >= 11 is 0. The minimum absolute atomic E-state index is 0.141. The van der Waals surface area contributed by atoms with Crippen LogP contribution in [0.15, 0.2) is 53.7 Å². The van der Waals surface area contributed by atoms with E-state index in [0.29, 0.717) is 36.5 Å². The zero-order valence-electron chi connectivity index (χ0n) is 17.8. The highest BCUT2D eigenvalue weighted by Crippen LogP contribution is 2.28. The summed E-state index contributed by atoms with van der Waals surface area (Å²) in [6.07, 6.45) is 2.68. The number of nitrogens with one attached hydrogen (secondary N) is 1. The molecule has 0 spiro atoms. The van der Waals surface area contributed by atoms with Crippen molar-refractivity contribution in [1.82, 2.24) is 24.5 Å². The van der Waals surface area contributed by atoms with Crippen molar-refractivity contribution in [3.63, 3.8) is 0 Å². The van der Waals surface area contributed by atoms with E-state index in [9.17, 15) is 13.2 Å². The normalized spacial score (nSPS) is 17.1. The number of anilines is 1. The predicted octanol–water partition coefficient (Wildman–Crippen LogP) is 2.02. The average molecular weight is 457 g/mol. The number of aryl methyl sites for hydroxylation is 1. The summed E-state index contributed by atoms with van der Waals surface area (Å²) in [7, 11) is -2.13. The number of rotatable bonds is 6. The standard InChI is InChI=1S/C21H24N6O4S/c1-15-5-8-18(9-6-15)32(29,30)26-11-3-4-16(13-26)21(28)23-17-7-10-19(20(12-17)31-2)27-14-22-24-25-27/h5-10,12,14,16H,3-4,11,13H2,1-2H3,(H,23,28). The Morgan fingerprint density at radius 1 is 1.19 bits per heavy atom. The molecule has 1 aliphatic rings. The fourth-order valence-electron chi connectivity index (χ4n) is 3.69. The zero-order valence-corrected chi connectivity index (χ0v) is 18.6. The Balaban J connectivity index is 1.47. The van der Waals surface area contributed by atoms with Crippen molar-refractivity contribution in [3.05, 3.63) is 54.4 Å². The smallest absolute Gasteiger partial charge is 0.243 e. The Kier molecular flexibility index (Phi) is 6.19. The van der Waals surface area contributed by atoms with Gasteiger partial charge in [0.05, 0.1) is 17.9 Å². The number of sulfonamides is 1. The minimum Gasteiger partial charge on any atom is -0.494 e. The van der Waals surface area contributed by atoms with Crippen molar-refractivity contribution < 1.29 is 17.9 Å². The summed E-state index contributed by atoms with van der Waals surface area (Å²) in [6.45, 7) is 2.44. The monoisotopic (exact) mass is 456 g/mol. The number of carbonyl (C=O) groups is 1. The second kappa shape index (κ2) is 9.05. The van der Waals surface area contributed by atoms with E-state index in [-0.39, 0.29) is 17.3 Å². The Bertz CT molecular complexity index is 1200. The van der Waals surface area contributed by atoms with Gasteiger partial charge in [-0.25, -0.2) is 8.42 Å². The maximum Gasteiger partial charge on any atom is 0.243 e. The fourth-order valence-corrected chi connectivity index (χ4v) is 5.22. The third-order valence-electron chi connectivity index (χ3n) is 5.46. The van der Waals surface area contributed by atoms with Gasteiger partial charge < -0.3 is 10.1 Å². The number of amides is 1. The summed E-state index contributed by atoms with van der Waals surface area (Å²) in [5.41, 5.74) is 2.16. The van der Waals surface area contributed by atoms with Crippen molar-refractivity contribution >= 4 is 21.6 Å². The highest BCUT2D eigenvalue weighted by atomic mass is 32.2. The van der Waals surface area contributed by atoms with Crippen LogP contribution in [-0.4, -0.2) is 59.0 Å². The SMILES string of the molecule is COc1cc(NC(=O)C2CCCN(S(=O)(=O)c3ccc(C)cc3)C2)ccc1-n1cnnn1. The van der Waals surface area contributed by atoms with E-state index in [1.165, 1.54) is 22.4 Å². The lowest BCUT2D eigenvalue weighted by molar-refractivity contribution is -0.120. The molecule has 1 aromatic heterocycles. The number of hydrogen-bond donors (Lipinski definition) is 1. The van der Waals surface area contributed by atoms with Gasteiger partial charge in [-0.05, 0) is 54.5 Å². The lowest BCUT2D eigenvalue weighted by Gasteiger charge is -2.31. The number of aromatic nitrogens is 4. The molecule has 10 nitrogen and oxygen atoms in total. The van der Waals surface area contributed by atoms with Crippen LogP contribution in [0.1, 0.15) is 18.4 Å². The molecule has 3 aromatic rings. The molecule has 1 saturated heterocycles. The van der Waals surface area contributed by atoms with Crippen molar-refractivity contribution in [2.24, 2.45) is 5.92 Å². The van der Waals surface area contributed by atoms with Crippen LogP contribution in [0.2, 0.25) is 0 Å². The molecule has 1 unspecified atom stereocenters. The molecule has 0 aliphatic carbocycles. The molecule has 1 fully saturated rings. The van der Waals surface area contributed by atoms with E-state index in [1.807, 2.05) is 6.92 Å². The lowest BCUT2D eigenvalue weighted by Crippen LogP contribution is -2.43. The molecule has 32 heavy (non-hydrogen) atoms. The van der Waals surface area contributed by atoms with Gasteiger partial charge >= 0.3 is 0 Å². The molecule has 2 heterocycles. The first kappa shape index (κ1) is 21.9. The number of methoxy groups -OCH3 is 1. The quantitative estimate of drug-likeness (QED) is 0.603. The minimum atomic E-state index is -3.65. The van der Waals surface area contributed by atoms with Gasteiger partial charge in [-0.1, -0.05) is 17.7 Å². The van der Waals surface area contributed by atoms with Gasteiger partial charge in [-0.3, -0.25) is 4.79 Å². The van der Waals surface area contributed by atoms with Crippen LogP contribution in [0.3, 0.4) is 0 Å². The van der Waals surface area contributed by atoms with E-state index >= 15 is 0 Å². The summed E-state index contributed by atoms with van der Waals surface area (Å²) in [4.78, 5) is 13.2. The van der Waals surface area contributed by atoms with Crippen LogP contribution < -0.4 is 10.1 Å². The second-order valence-corrected chi connectivity index (χ2v) is 9.58. The van der Waals surface area contributed by atoms with E-state index in [1.54, 1.807) is 42.5 Å². The molecule has 0 bridgehead atoms. The molecule has 1 N–H and O–H groups in total. The van der Waals surface area contributed by atoms with Gasteiger partial charge in [0.1, 0.15) is 17.8 Å². The van der Waals surface area contributed by atoms with Gasteiger partial charge in [0.25, 0.3) is 0 Å². The Labute approximate surface area is 186 Å². The molecular formula is C21H24N6O4S. The number of tetrazole rings is 1. The molecule has 11 heteroatoms. The van der Waals surface area contributed by atoms with Gasteiger partial charge in [0.2, 0.25) is 15.9 Å². The molecule has 4 rings (SSSR count). The largest absolute Gasteiger partial charge is 0.494 e. The summed E-state index contributed by atoms with van der Waals surface area (Å²) in [5.74, 6) is -0.192. The first-order chi connectivity index (χ1) is 15.4. The van der Waals surface area contributed by atoms with Gasteiger partial charge in [-0.15, -0.1) is 5.10 Å². The highest BCUT2D eigenvalue weighted by Gasteiger charge is 2.33. The van der Waals surface area contributed by atoms with Crippen molar-refractivity contribution in [2.45, 2.75) is 24.7 Å².